The van der Waals surface area contributed by atoms with Gasteiger partial charge in [0.2, 0.25) is 0 Å². The monoisotopic (exact) mass is 635 g/mol. The maximum atomic E-state index is 5.63. The highest BCUT2D eigenvalue weighted by Gasteiger charge is 2.53. The van der Waals surface area contributed by atoms with Gasteiger partial charge in [0.05, 0.1) is 27.8 Å². The topological polar surface area (TPSA) is 30.7 Å². The van der Waals surface area contributed by atoms with Crippen LogP contribution in [0.5, 0.6) is 0 Å². The Labute approximate surface area is 289 Å². The van der Waals surface area contributed by atoms with Crippen molar-refractivity contribution in [1.29, 1.82) is 0 Å². The molecule has 232 valence electrons. The van der Waals surface area contributed by atoms with Crippen LogP contribution in [0, 0.1) is 0 Å². The van der Waals surface area contributed by atoms with E-state index < -0.39 is 5.41 Å². The lowest BCUT2D eigenvalue weighted by atomic mass is 9.72. The van der Waals surface area contributed by atoms with Crippen LogP contribution in [0.3, 0.4) is 0 Å². The molecule has 0 fully saturated rings. The van der Waals surface area contributed by atoms with Gasteiger partial charge < -0.3 is 4.57 Å². The van der Waals surface area contributed by atoms with E-state index in [9.17, 15) is 0 Å². The largest absolute Gasteiger partial charge is 0.309 e. The first-order chi connectivity index (χ1) is 24.8. The van der Waals surface area contributed by atoms with Gasteiger partial charge in [-0.2, -0.15) is 0 Å². The smallest absolute Gasteiger partial charge is 0.160 e. The molecule has 1 spiro atoms. The Balaban J connectivity index is 1.18. The molecule has 3 heteroatoms. The Hall–Kier alpha value is -6.58. The van der Waals surface area contributed by atoms with Crippen molar-refractivity contribution in [3.63, 3.8) is 0 Å². The van der Waals surface area contributed by atoms with Crippen molar-refractivity contribution in [3.8, 4) is 50.6 Å². The van der Waals surface area contributed by atoms with Crippen LogP contribution in [0.25, 0.3) is 72.4 Å². The number of nitrogens with zero attached hydrogens (tertiary/aromatic N) is 3. The maximum Gasteiger partial charge on any atom is 0.160 e. The molecule has 2 aliphatic rings. The highest BCUT2D eigenvalue weighted by atomic mass is 15.0. The number of hydrogen-bond donors (Lipinski definition) is 0. The number of aromatic nitrogens is 3. The summed E-state index contributed by atoms with van der Waals surface area (Å²) in [6.07, 6.45) is 0. The van der Waals surface area contributed by atoms with Gasteiger partial charge in [-0.15, -0.1) is 0 Å². The summed E-state index contributed by atoms with van der Waals surface area (Å²) in [7, 11) is 0. The number of para-hydroxylation sites is 2. The number of rotatable bonds is 3. The second-order valence-corrected chi connectivity index (χ2v) is 13.3. The minimum Gasteiger partial charge on any atom is -0.309 e. The third kappa shape index (κ3) is 3.53. The van der Waals surface area contributed by atoms with E-state index in [2.05, 4.69) is 180 Å². The SMILES string of the molecule is c1ccc(-c2nc(-c3ccc(-n4c5ccccc5c5ccccc54)cc3)nc3c2-c2ccccc2C32c3ccccc3-c3ccccc32)cc1. The highest BCUT2D eigenvalue weighted by molar-refractivity contribution is 6.09. The molecular formula is C47H29N3. The third-order valence-corrected chi connectivity index (χ3v) is 10.8. The fourth-order valence-corrected chi connectivity index (χ4v) is 8.82. The van der Waals surface area contributed by atoms with Gasteiger partial charge in [0.25, 0.3) is 0 Å². The zero-order valence-corrected chi connectivity index (χ0v) is 27.1. The van der Waals surface area contributed by atoms with Crippen LogP contribution in [0.2, 0.25) is 0 Å². The first-order valence-electron chi connectivity index (χ1n) is 17.2. The van der Waals surface area contributed by atoms with Crippen LogP contribution in [-0.4, -0.2) is 14.5 Å². The van der Waals surface area contributed by atoms with Gasteiger partial charge in [0.15, 0.2) is 5.82 Å². The van der Waals surface area contributed by atoms with E-state index >= 15 is 0 Å². The van der Waals surface area contributed by atoms with Gasteiger partial charge in [-0.05, 0) is 69.8 Å². The molecule has 3 nitrogen and oxygen atoms in total. The Morgan fingerprint density at radius 1 is 0.400 bits per heavy atom. The van der Waals surface area contributed by atoms with Crippen LogP contribution in [0.4, 0.5) is 0 Å². The molecule has 9 aromatic rings. The molecule has 11 rings (SSSR count). The maximum absolute atomic E-state index is 5.63. The average Bonchev–Trinajstić information content (AvgIpc) is 3.80. The molecule has 0 bridgehead atoms. The highest BCUT2D eigenvalue weighted by Crippen LogP contribution is 2.63. The minimum absolute atomic E-state index is 0.552. The van der Waals surface area contributed by atoms with E-state index in [4.69, 9.17) is 9.97 Å². The number of hydrogen-bond acceptors (Lipinski definition) is 2. The molecule has 0 saturated carbocycles. The summed E-state index contributed by atoms with van der Waals surface area (Å²) in [6, 6.07) is 63.3. The lowest BCUT2D eigenvalue weighted by Gasteiger charge is -2.29. The van der Waals surface area contributed by atoms with Crippen molar-refractivity contribution in [3.05, 3.63) is 198 Å². The number of benzene rings is 7. The van der Waals surface area contributed by atoms with E-state index in [1.54, 1.807) is 0 Å². The van der Waals surface area contributed by atoms with Crippen molar-refractivity contribution < 1.29 is 0 Å². The quantitative estimate of drug-likeness (QED) is 0.193. The summed E-state index contributed by atoms with van der Waals surface area (Å²) in [5.74, 6) is 0.727. The van der Waals surface area contributed by atoms with Crippen molar-refractivity contribution in [2.75, 3.05) is 0 Å². The van der Waals surface area contributed by atoms with Crippen LogP contribution in [-0.2, 0) is 5.41 Å². The molecule has 0 unspecified atom stereocenters. The lowest BCUT2D eigenvalue weighted by molar-refractivity contribution is 0.758. The molecular weight excluding hydrogens is 607 g/mol. The summed E-state index contributed by atoms with van der Waals surface area (Å²) in [5, 5.41) is 2.51. The van der Waals surface area contributed by atoms with Gasteiger partial charge in [-0.1, -0.05) is 140 Å². The van der Waals surface area contributed by atoms with Crippen LogP contribution >= 0.6 is 0 Å². The number of fused-ring (bicyclic) bond motifs is 13. The molecule has 0 aliphatic heterocycles. The predicted molar refractivity (Wildman–Crippen MR) is 204 cm³/mol. The third-order valence-electron chi connectivity index (χ3n) is 10.8. The zero-order chi connectivity index (χ0) is 32.8. The van der Waals surface area contributed by atoms with E-state index in [0.717, 1.165) is 39.6 Å². The van der Waals surface area contributed by atoms with Crippen molar-refractivity contribution in [2.24, 2.45) is 0 Å². The fraction of sp³-hybridized carbons (Fsp3) is 0.0213. The molecule has 7 aromatic carbocycles. The van der Waals surface area contributed by atoms with E-state index in [0.29, 0.717) is 0 Å². The van der Waals surface area contributed by atoms with E-state index in [-0.39, 0.29) is 0 Å². The molecule has 2 heterocycles. The molecule has 0 atom stereocenters. The summed E-state index contributed by atoms with van der Waals surface area (Å²) in [4.78, 5) is 11.1. The summed E-state index contributed by atoms with van der Waals surface area (Å²) in [6.45, 7) is 0. The second kappa shape index (κ2) is 10.2. The summed E-state index contributed by atoms with van der Waals surface area (Å²) >= 11 is 0. The fourth-order valence-electron chi connectivity index (χ4n) is 8.82. The second-order valence-electron chi connectivity index (χ2n) is 13.3. The van der Waals surface area contributed by atoms with Crippen LogP contribution < -0.4 is 0 Å². The molecule has 0 saturated heterocycles. The van der Waals surface area contributed by atoms with E-state index in [1.807, 2.05) is 0 Å². The molecule has 2 aliphatic carbocycles. The van der Waals surface area contributed by atoms with Gasteiger partial charge in [0.1, 0.15) is 0 Å². The van der Waals surface area contributed by atoms with Crippen LogP contribution in [0.1, 0.15) is 22.4 Å². The van der Waals surface area contributed by atoms with Gasteiger partial charge in [-0.3, -0.25) is 0 Å². The zero-order valence-electron chi connectivity index (χ0n) is 27.1. The first kappa shape index (κ1) is 27.4. The normalized spacial score (nSPS) is 13.4. The molecule has 0 amide bonds. The van der Waals surface area contributed by atoms with E-state index in [1.165, 1.54) is 55.2 Å². The van der Waals surface area contributed by atoms with Crippen molar-refractivity contribution in [2.45, 2.75) is 5.41 Å². The Morgan fingerprint density at radius 3 is 1.52 bits per heavy atom. The van der Waals surface area contributed by atoms with Crippen molar-refractivity contribution in [1.82, 2.24) is 14.5 Å². The van der Waals surface area contributed by atoms with Gasteiger partial charge in [-0.25, -0.2) is 9.97 Å². The average molecular weight is 636 g/mol. The lowest BCUT2D eigenvalue weighted by Crippen LogP contribution is -2.27. The Kier molecular flexibility index (Phi) is 5.59. The minimum atomic E-state index is -0.552. The molecule has 0 N–H and O–H groups in total. The van der Waals surface area contributed by atoms with Gasteiger partial charge >= 0.3 is 0 Å². The molecule has 50 heavy (non-hydrogen) atoms. The van der Waals surface area contributed by atoms with Crippen molar-refractivity contribution >= 4 is 21.8 Å². The Bertz CT molecular complexity index is 2710. The Morgan fingerprint density at radius 2 is 0.900 bits per heavy atom. The first-order valence-corrected chi connectivity index (χ1v) is 17.2. The van der Waals surface area contributed by atoms with Gasteiger partial charge in [0, 0.05) is 33.2 Å². The molecule has 2 aromatic heterocycles. The van der Waals surface area contributed by atoms with Crippen LogP contribution in [0.15, 0.2) is 176 Å². The predicted octanol–water partition coefficient (Wildman–Crippen LogP) is 11.3. The summed E-state index contributed by atoms with van der Waals surface area (Å²) in [5.41, 5.74) is 15.7. The molecule has 0 radical (unpaired) electrons. The summed E-state index contributed by atoms with van der Waals surface area (Å²) < 4.78 is 2.35. The standard InChI is InChI=1S/C47H29N3/c1-2-14-30(15-3-1)44-43-37-20-6-11-23-40(37)47(38-21-9-4-16-33(38)34-17-5-10-22-39(34)47)45(43)49-46(48-44)31-26-28-32(29-27-31)50-41-24-12-7-18-35(41)36-19-8-13-25-42(36)50/h1-29H.